The lowest BCUT2D eigenvalue weighted by molar-refractivity contribution is 0.464. The maximum atomic E-state index is 9.94. The van der Waals surface area contributed by atoms with Crippen molar-refractivity contribution in [3.05, 3.63) is 57.6 Å². The van der Waals surface area contributed by atoms with E-state index in [0.29, 0.717) is 23.3 Å². The van der Waals surface area contributed by atoms with Crippen LogP contribution in [-0.2, 0) is 0 Å². The minimum absolute atomic E-state index is 0.335. The third kappa shape index (κ3) is 2.96. The molecule has 2 aromatic carbocycles. The Labute approximate surface area is 133 Å². The van der Waals surface area contributed by atoms with Crippen molar-refractivity contribution in [2.45, 2.75) is 53.4 Å². The van der Waals surface area contributed by atoms with Gasteiger partial charge in [-0.3, -0.25) is 0 Å². The van der Waals surface area contributed by atoms with Gasteiger partial charge in [0.05, 0.1) is 0 Å². The normalized spacial score (nSPS) is 13.9. The summed E-state index contributed by atoms with van der Waals surface area (Å²) in [5.74, 6) is 1.45. The van der Waals surface area contributed by atoms with Gasteiger partial charge in [0, 0.05) is 0 Å². The molecule has 2 atom stereocenters. The van der Waals surface area contributed by atoms with Crippen molar-refractivity contribution in [2.75, 3.05) is 0 Å². The second-order valence-electron chi connectivity index (χ2n) is 6.58. The van der Waals surface area contributed by atoms with Crippen LogP contribution in [0.2, 0.25) is 0 Å². The van der Waals surface area contributed by atoms with Gasteiger partial charge in [-0.25, -0.2) is 0 Å². The van der Waals surface area contributed by atoms with E-state index in [9.17, 15) is 10.2 Å². The molecule has 0 bridgehead atoms. The Morgan fingerprint density at radius 3 is 1.05 bits per heavy atom. The topological polar surface area (TPSA) is 40.5 Å². The molecule has 0 aliphatic carbocycles. The first-order valence-electron chi connectivity index (χ1n) is 7.82. The van der Waals surface area contributed by atoms with Crippen LogP contribution in [0.4, 0.5) is 0 Å². The molecule has 0 aliphatic heterocycles. The Kier molecular flexibility index (Phi) is 4.50. The Hall–Kier alpha value is -1.96. The summed E-state index contributed by atoms with van der Waals surface area (Å²) in [5, 5.41) is 19.9. The van der Waals surface area contributed by atoms with Gasteiger partial charge in [0.1, 0.15) is 11.5 Å². The first-order chi connectivity index (χ1) is 10.2. The van der Waals surface area contributed by atoms with E-state index in [2.05, 4.69) is 38.1 Å². The monoisotopic (exact) mass is 298 g/mol. The number of benzene rings is 2. The number of rotatable bonds is 3. The number of phenols is 2. The van der Waals surface area contributed by atoms with Crippen molar-refractivity contribution in [2.24, 2.45) is 0 Å². The van der Waals surface area contributed by atoms with Crippen LogP contribution in [0.3, 0.4) is 0 Å². The molecule has 118 valence electrons. The van der Waals surface area contributed by atoms with Crippen molar-refractivity contribution < 1.29 is 10.2 Å². The Balaban J connectivity index is 2.39. The summed E-state index contributed by atoms with van der Waals surface area (Å²) < 4.78 is 0. The molecule has 2 heteroatoms. The second kappa shape index (κ2) is 6.04. The lowest BCUT2D eigenvalue weighted by Gasteiger charge is -2.23. The first kappa shape index (κ1) is 16.4. The van der Waals surface area contributed by atoms with Crippen molar-refractivity contribution in [3.8, 4) is 11.5 Å². The van der Waals surface area contributed by atoms with Crippen molar-refractivity contribution in [1.82, 2.24) is 0 Å². The van der Waals surface area contributed by atoms with Crippen molar-refractivity contribution >= 4 is 0 Å². The molecule has 22 heavy (non-hydrogen) atoms. The zero-order valence-electron chi connectivity index (χ0n) is 14.4. The highest BCUT2D eigenvalue weighted by molar-refractivity contribution is 5.46. The molecule has 0 fully saturated rings. The largest absolute Gasteiger partial charge is 0.507 e. The van der Waals surface area contributed by atoms with Gasteiger partial charge in [0.25, 0.3) is 0 Å². The van der Waals surface area contributed by atoms with Gasteiger partial charge in [-0.2, -0.15) is 0 Å². The fraction of sp³-hybridized carbons (Fsp3) is 0.400. The average Bonchev–Trinajstić information content (AvgIpc) is 2.47. The third-order valence-corrected chi connectivity index (χ3v) is 4.83. The van der Waals surface area contributed by atoms with E-state index in [1.165, 1.54) is 11.1 Å². The summed E-state index contributed by atoms with van der Waals surface area (Å²) in [4.78, 5) is 0. The van der Waals surface area contributed by atoms with Gasteiger partial charge in [0.2, 0.25) is 0 Å². The highest BCUT2D eigenvalue weighted by Crippen LogP contribution is 2.37. The summed E-state index contributed by atoms with van der Waals surface area (Å²) in [6.07, 6.45) is 0. The van der Waals surface area contributed by atoms with E-state index in [4.69, 9.17) is 0 Å². The number of hydrogen-bond donors (Lipinski definition) is 2. The van der Waals surface area contributed by atoms with Crippen molar-refractivity contribution in [1.29, 1.82) is 0 Å². The van der Waals surface area contributed by atoms with Gasteiger partial charge in [-0.1, -0.05) is 38.1 Å². The first-order valence-corrected chi connectivity index (χ1v) is 7.82. The Morgan fingerprint density at radius 2 is 0.818 bits per heavy atom. The molecule has 2 N–H and O–H groups in total. The molecule has 0 spiro atoms. The summed E-state index contributed by atoms with van der Waals surface area (Å²) in [6, 6.07) is 8.29. The lowest BCUT2D eigenvalue weighted by Crippen LogP contribution is -2.06. The van der Waals surface area contributed by atoms with Crippen LogP contribution in [0.1, 0.15) is 59.1 Å². The molecule has 0 aromatic heterocycles. The van der Waals surface area contributed by atoms with Crippen LogP contribution in [0.15, 0.2) is 24.3 Å². The Morgan fingerprint density at radius 1 is 0.591 bits per heavy atom. The van der Waals surface area contributed by atoms with E-state index in [-0.39, 0.29) is 0 Å². The summed E-state index contributed by atoms with van der Waals surface area (Å²) in [6.45, 7) is 12.2. The van der Waals surface area contributed by atoms with Crippen LogP contribution < -0.4 is 0 Å². The zero-order chi connectivity index (χ0) is 16.6. The lowest BCUT2D eigenvalue weighted by atomic mass is 9.82. The molecule has 0 saturated heterocycles. The average molecular weight is 298 g/mol. The molecule has 2 aromatic rings. The van der Waals surface area contributed by atoms with Crippen LogP contribution in [0.25, 0.3) is 0 Å². The van der Waals surface area contributed by atoms with E-state index >= 15 is 0 Å². The molecule has 0 aliphatic rings. The van der Waals surface area contributed by atoms with Crippen LogP contribution in [-0.4, -0.2) is 10.2 Å². The highest BCUT2D eigenvalue weighted by Gasteiger charge is 2.19. The molecular weight excluding hydrogens is 272 g/mol. The molecule has 2 nitrogen and oxygen atoms in total. The molecule has 0 heterocycles. The van der Waals surface area contributed by atoms with Gasteiger partial charge in [-0.05, 0) is 72.9 Å². The van der Waals surface area contributed by atoms with E-state index in [1.807, 2.05) is 27.7 Å². The molecule has 0 amide bonds. The zero-order valence-corrected chi connectivity index (χ0v) is 14.4. The van der Waals surface area contributed by atoms with Crippen LogP contribution >= 0.6 is 0 Å². The SMILES string of the molecule is Cc1cc(C(C)C(C)c2cc(C)c(O)c(C)c2)cc(C)c1O. The Bertz CT molecular complexity index is 593. The molecular formula is C20H26O2. The summed E-state index contributed by atoms with van der Waals surface area (Å²) in [5.41, 5.74) is 6.17. The van der Waals surface area contributed by atoms with Gasteiger partial charge < -0.3 is 10.2 Å². The van der Waals surface area contributed by atoms with Crippen molar-refractivity contribution in [3.63, 3.8) is 0 Å². The van der Waals surface area contributed by atoms with Gasteiger partial charge in [-0.15, -0.1) is 0 Å². The minimum Gasteiger partial charge on any atom is -0.507 e. The minimum atomic E-state index is 0.335. The standard InChI is InChI=1S/C20H26O2/c1-11-7-17(8-12(2)19(11)21)15(5)16(6)18-9-13(3)20(22)14(4)10-18/h7-10,15-16,21-22H,1-6H3. The molecule has 2 rings (SSSR count). The molecule has 0 radical (unpaired) electrons. The predicted molar refractivity (Wildman–Crippen MR) is 92.0 cm³/mol. The summed E-state index contributed by atoms with van der Waals surface area (Å²) in [7, 11) is 0. The van der Waals surface area contributed by atoms with E-state index in [0.717, 1.165) is 22.3 Å². The second-order valence-corrected chi connectivity index (χ2v) is 6.58. The van der Waals surface area contributed by atoms with Crippen LogP contribution in [0, 0.1) is 27.7 Å². The maximum Gasteiger partial charge on any atom is 0.121 e. The smallest absolute Gasteiger partial charge is 0.121 e. The van der Waals surface area contributed by atoms with E-state index in [1.54, 1.807) is 0 Å². The predicted octanol–water partition coefficient (Wildman–Crippen LogP) is 5.24. The summed E-state index contributed by atoms with van der Waals surface area (Å²) >= 11 is 0. The quantitative estimate of drug-likeness (QED) is 0.813. The van der Waals surface area contributed by atoms with Gasteiger partial charge >= 0.3 is 0 Å². The van der Waals surface area contributed by atoms with E-state index < -0.39 is 0 Å². The number of phenolic OH excluding ortho intramolecular Hbond substituents is 2. The van der Waals surface area contributed by atoms with Gasteiger partial charge in [0.15, 0.2) is 0 Å². The number of aromatic hydroxyl groups is 2. The molecule has 2 unspecified atom stereocenters. The third-order valence-electron chi connectivity index (χ3n) is 4.83. The fourth-order valence-corrected chi connectivity index (χ4v) is 3.08. The highest BCUT2D eigenvalue weighted by atomic mass is 16.3. The molecule has 0 saturated carbocycles. The number of hydrogen-bond acceptors (Lipinski definition) is 2. The number of aryl methyl sites for hydroxylation is 4. The van der Waals surface area contributed by atoms with Crippen LogP contribution in [0.5, 0.6) is 11.5 Å². The maximum absolute atomic E-state index is 9.94. The fourth-order valence-electron chi connectivity index (χ4n) is 3.08.